The second-order valence-electron chi connectivity index (χ2n) is 2.56. The maximum atomic E-state index is 4.72. The van der Waals surface area contributed by atoms with Gasteiger partial charge in [0.2, 0.25) is 0 Å². The second kappa shape index (κ2) is 7.78. The Bertz CT molecular complexity index is 272. The first-order valence-corrected chi connectivity index (χ1v) is 4.50. The Labute approximate surface area is 89.5 Å². The third-order valence-electron chi connectivity index (χ3n) is 1.56. The van der Waals surface area contributed by atoms with Crippen molar-refractivity contribution < 1.29 is 14.5 Å². The molecule has 0 aliphatic rings. The van der Waals surface area contributed by atoms with Crippen molar-refractivity contribution in [1.29, 1.82) is 0 Å². The lowest BCUT2D eigenvalue weighted by Gasteiger charge is -2.05. The van der Waals surface area contributed by atoms with Crippen LogP contribution in [0.5, 0.6) is 0 Å². The fraction of sp³-hybridized carbons (Fsp3) is 0.667. The lowest BCUT2D eigenvalue weighted by atomic mass is 10.1. The lowest BCUT2D eigenvalue weighted by molar-refractivity contribution is 0.207. The fourth-order valence-electron chi connectivity index (χ4n) is 0.984. The maximum Gasteiger partial charge on any atom is 0.152 e. The molecule has 0 saturated carbocycles. The normalized spacial score (nSPS) is 13.8. The van der Waals surface area contributed by atoms with E-state index in [0.29, 0.717) is 23.6 Å². The minimum Gasteiger partial charge on any atom is -0.399 e. The molecule has 0 amide bonds. The number of oxime groups is 3. The van der Waals surface area contributed by atoms with Gasteiger partial charge in [-0.1, -0.05) is 22.4 Å². The molecule has 0 aliphatic heterocycles. The van der Waals surface area contributed by atoms with Crippen LogP contribution in [-0.4, -0.2) is 38.5 Å². The zero-order valence-corrected chi connectivity index (χ0v) is 9.77. The number of rotatable bonds is 6. The van der Waals surface area contributed by atoms with Gasteiger partial charge in [-0.05, 0) is 13.3 Å². The summed E-state index contributed by atoms with van der Waals surface area (Å²) in [4.78, 5) is 14.1. The highest BCUT2D eigenvalue weighted by atomic mass is 16.6. The van der Waals surface area contributed by atoms with Crippen molar-refractivity contribution in [2.24, 2.45) is 15.5 Å². The number of hydrogen-bond donors (Lipinski definition) is 0. The third-order valence-corrected chi connectivity index (χ3v) is 1.56. The van der Waals surface area contributed by atoms with Crippen LogP contribution in [0, 0.1) is 0 Å². The van der Waals surface area contributed by atoms with Crippen LogP contribution in [0.4, 0.5) is 0 Å². The average molecular weight is 215 g/mol. The molecule has 0 aliphatic carbocycles. The Balaban J connectivity index is 5.04. The van der Waals surface area contributed by atoms with Gasteiger partial charge in [0.15, 0.2) is 5.71 Å². The predicted octanol–water partition coefficient (Wildman–Crippen LogP) is 1.42. The molecule has 15 heavy (non-hydrogen) atoms. The van der Waals surface area contributed by atoms with Gasteiger partial charge in [-0.3, -0.25) is 0 Å². The highest BCUT2D eigenvalue weighted by Crippen LogP contribution is 1.97. The molecule has 0 radical (unpaired) electrons. The molecule has 0 aromatic carbocycles. The predicted molar refractivity (Wildman–Crippen MR) is 59.3 cm³/mol. The van der Waals surface area contributed by atoms with Gasteiger partial charge in [-0.2, -0.15) is 0 Å². The molecular weight excluding hydrogens is 198 g/mol. The van der Waals surface area contributed by atoms with E-state index in [1.54, 1.807) is 6.92 Å². The van der Waals surface area contributed by atoms with Gasteiger partial charge in [0, 0.05) is 0 Å². The van der Waals surface area contributed by atoms with E-state index in [0.717, 1.165) is 0 Å². The zero-order chi connectivity index (χ0) is 11.7. The molecule has 0 aromatic rings. The Morgan fingerprint density at radius 2 is 1.47 bits per heavy atom. The van der Waals surface area contributed by atoms with Crippen LogP contribution in [0.2, 0.25) is 0 Å². The molecule has 0 rings (SSSR count). The Hall–Kier alpha value is -1.59. The molecular formula is C9H17N3O3. The fourth-order valence-corrected chi connectivity index (χ4v) is 0.984. The zero-order valence-electron chi connectivity index (χ0n) is 9.77. The summed E-state index contributed by atoms with van der Waals surface area (Å²) in [7, 11) is 4.40. The van der Waals surface area contributed by atoms with Gasteiger partial charge < -0.3 is 14.5 Å². The van der Waals surface area contributed by atoms with Gasteiger partial charge >= 0.3 is 0 Å². The largest absolute Gasteiger partial charge is 0.399 e. The first kappa shape index (κ1) is 13.4. The van der Waals surface area contributed by atoms with Gasteiger partial charge in [-0.25, -0.2) is 0 Å². The molecule has 6 heteroatoms. The minimum absolute atomic E-state index is 0.517. The van der Waals surface area contributed by atoms with E-state index in [1.807, 2.05) is 6.92 Å². The molecule has 0 aromatic heterocycles. The lowest BCUT2D eigenvalue weighted by Crippen LogP contribution is -2.22. The monoisotopic (exact) mass is 215 g/mol. The summed E-state index contributed by atoms with van der Waals surface area (Å²) in [6.45, 7) is 3.69. The van der Waals surface area contributed by atoms with Crippen molar-refractivity contribution in [3.8, 4) is 0 Å². The van der Waals surface area contributed by atoms with E-state index in [-0.39, 0.29) is 0 Å². The Morgan fingerprint density at radius 3 is 1.87 bits per heavy atom. The summed E-state index contributed by atoms with van der Waals surface area (Å²) in [5.74, 6) is 0. The van der Waals surface area contributed by atoms with Crippen LogP contribution in [0.15, 0.2) is 15.5 Å². The standard InChI is InChI=1S/C9H17N3O3/c1-6-8(11-14-4)9(12-15-5)7(2)10-13-3/h6H2,1-5H3. The summed E-state index contributed by atoms with van der Waals surface area (Å²) in [5.41, 5.74) is 1.75. The van der Waals surface area contributed by atoms with Gasteiger partial charge in [0.1, 0.15) is 32.8 Å². The van der Waals surface area contributed by atoms with Gasteiger partial charge in [0.05, 0.1) is 0 Å². The molecule has 0 heterocycles. The summed E-state index contributed by atoms with van der Waals surface area (Å²) in [6, 6.07) is 0. The SMILES string of the molecule is CCC(=NOC)C(=NOC)C(C)=NOC. The highest BCUT2D eigenvalue weighted by Gasteiger charge is 2.13. The van der Waals surface area contributed by atoms with Crippen molar-refractivity contribution in [2.45, 2.75) is 20.3 Å². The Morgan fingerprint density at radius 1 is 0.933 bits per heavy atom. The first-order chi connectivity index (χ1) is 7.21. The van der Waals surface area contributed by atoms with E-state index < -0.39 is 0 Å². The molecule has 0 atom stereocenters. The number of nitrogens with zero attached hydrogens (tertiary/aromatic N) is 3. The van der Waals surface area contributed by atoms with Crippen molar-refractivity contribution in [1.82, 2.24) is 0 Å². The summed E-state index contributed by atoms with van der Waals surface area (Å²) < 4.78 is 0. The van der Waals surface area contributed by atoms with E-state index in [1.165, 1.54) is 21.3 Å². The maximum absolute atomic E-state index is 4.72. The van der Waals surface area contributed by atoms with Crippen LogP contribution >= 0.6 is 0 Å². The minimum atomic E-state index is 0.517. The molecule has 0 bridgehead atoms. The quantitative estimate of drug-likeness (QED) is 0.497. The van der Waals surface area contributed by atoms with Crippen LogP contribution in [-0.2, 0) is 14.5 Å². The van der Waals surface area contributed by atoms with E-state index in [9.17, 15) is 0 Å². The van der Waals surface area contributed by atoms with Gasteiger partial charge in [-0.15, -0.1) is 0 Å². The molecule has 0 fully saturated rings. The summed E-state index contributed by atoms with van der Waals surface area (Å²) >= 11 is 0. The van der Waals surface area contributed by atoms with Crippen LogP contribution in [0.3, 0.4) is 0 Å². The molecule has 0 unspecified atom stereocenters. The Kier molecular flexibility index (Phi) is 6.96. The summed E-state index contributed by atoms with van der Waals surface area (Å²) in [5, 5.41) is 11.4. The second-order valence-corrected chi connectivity index (χ2v) is 2.56. The van der Waals surface area contributed by atoms with Crippen molar-refractivity contribution in [3.63, 3.8) is 0 Å². The van der Waals surface area contributed by atoms with E-state index in [2.05, 4.69) is 20.3 Å². The average Bonchev–Trinajstić information content (AvgIpc) is 2.23. The third kappa shape index (κ3) is 4.44. The van der Waals surface area contributed by atoms with E-state index >= 15 is 0 Å². The van der Waals surface area contributed by atoms with Gasteiger partial charge in [0.25, 0.3) is 0 Å². The number of hydrogen-bond acceptors (Lipinski definition) is 6. The highest BCUT2D eigenvalue weighted by molar-refractivity contribution is 6.68. The smallest absolute Gasteiger partial charge is 0.152 e. The van der Waals surface area contributed by atoms with Crippen LogP contribution in [0.1, 0.15) is 20.3 Å². The van der Waals surface area contributed by atoms with Crippen molar-refractivity contribution in [3.05, 3.63) is 0 Å². The first-order valence-electron chi connectivity index (χ1n) is 4.50. The van der Waals surface area contributed by atoms with Crippen molar-refractivity contribution >= 4 is 17.1 Å². The molecule has 0 spiro atoms. The molecule has 0 N–H and O–H groups in total. The van der Waals surface area contributed by atoms with Crippen LogP contribution < -0.4 is 0 Å². The molecule has 6 nitrogen and oxygen atoms in total. The topological polar surface area (TPSA) is 64.8 Å². The summed E-state index contributed by atoms with van der Waals surface area (Å²) in [6.07, 6.45) is 0.659. The van der Waals surface area contributed by atoms with E-state index in [4.69, 9.17) is 9.68 Å². The van der Waals surface area contributed by atoms with Crippen molar-refractivity contribution in [2.75, 3.05) is 21.3 Å². The molecule has 86 valence electrons. The van der Waals surface area contributed by atoms with Crippen LogP contribution in [0.25, 0.3) is 0 Å². The molecule has 0 saturated heterocycles.